The van der Waals surface area contributed by atoms with Gasteiger partial charge in [-0.2, -0.15) is 0 Å². The third kappa shape index (κ3) is 5.51. The van der Waals surface area contributed by atoms with Crippen LogP contribution in [0.3, 0.4) is 0 Å². The number of rotatable bonds is 6. The van der Waals surface area contributed by atoms with Crippen molar-refractivity contribution in [2.75, 3.05) is 16.8 Å². The van der Waals surface area contributed by atoms with Gasteiger partial charge in [-0.15, -0.1) is 0 Å². The van der Waals surface area contributed by atoms with Crippen LogP contribution in [0.1, 0.15) is 37.9 Å². The van der Waals surface area contributed by atoms with E-state index in [0.717, 1.165) is 11.1 Å². The lowest BCUT2D eigenvalue weighted by molar-refractivity contribution is -0.141. The van der Waals surface area contributed by atoms with Crippen molar-refractivity contribution in [3.8, 4) is 5.75 Å². The number of fused-ring (bicyclic) bond motifs is 1. The molecule has 0 fully saturated rings. The molecule has 0 aliphatic carbocycles. The van der Waals surface area contributed by atoms with Crippen LogP contribution < -0.4 is 15.0 Å². The highest BCUT2D eigenvalue weighted by Crippen LogP contribution is 2.35. The Labute approximate surface area is 205 Å². The van der Waals surface area contributed by atoms with Crippen molar-refractivity contribution >= 4 is 29.1 Å². The predicted octanol–water partition coefficient (Wildman–Crippen LogP) is 4.55. The molecule has 3 amide bonds. The van der Waals surface area contributed by atoms with Crippen LogP contribution in [0.5, 0.6) is 5.75 Å². The Balaban J connectivity index is 1.67. The van der Waals surface area contributed by atoms with Gasteiger partial charge in [0.15, 0.2) is 6.10 Å². The van der Waals surface area contributed by atoms with Crippen molar-refractivity contribution in [3.05, 3.63) is 90.0 Å². The molecular weight excluding hydrogens is 442 g/mol. The first-order valence-electron chi connectivity index (χ1n) is 11.6. The summed E-state index contributed by atoms with van der Waals surface area (Å²) in [5.74, 6) is -0.0193. The van der Waals surface area contributed by atoms with Gasteiger partial charge in [-0.25, -0.2) is 0 Å². The quantitative estimate of drug-likeness (QED) is 0.572. The number of anilines is 2. The van der Waals surface area contributed by atoms with Gasteiger partial charge < -0.3 is 19.9 Å². The van der Waals surface area contributed by atoms with Crippen LogP contribution in [-0.4, -0.2) is 35.3 Å². The maximum absolute atomic E-state index is 14.0. The highest BCUT2D eigenvalue weighted by Gasteiger charge is 2.36. The maximum atomic E-state index is 14.0. The minimum atomic E-state index is -0.849. The summed E-state index contributed by atoms with van der Waals surface area (Å²) < 4.78 is 6.11. The number of hydrogen-bond donors (Lipinski definition) is 1. The number of hydrogen-bond acceptors (Lipinski definition) is 4. The Hall–Kier alpha value is -4.13. The minimum Gasteiger partial charge on any atom is -0.476 e. The molecular formula is C28H29N3O4. The zero-order valence-electron chi connectivity index (χ0n) is 20.1. The number of carbonyl (C=O) groups excluding carboxylic acids is 3. The van der Waals surface area contributed by atoms with E-state index in [-0.39, 0.29) is 30.3 Å². The summed E-state index contributed by atoms with van der Waals surface area (Å²) in [5, 5.41) is 2.80. The number of carbonyl (C=O) groups is 3. The molecule has 7 heteroatoms. The first-order chi connectivity index (χ1) is 16.8. The van der Waals surface area contributed by atoms with Crippen LogP contribution >= 0.6 is 0 Å². The highest BCUT2D eigenvalue weighted by atomic mass is 16.5. The van der Waals surface area contributed by atoms with Crippen molar-refractivity contribution in [2.24, 2.45) is 0 Å². The molecule has 1 heterocycles. The average molecular weight is 472 g/mol. The highest BCUT2D eigenvalue weighted by molar-refractivity contribution is 5.96. The molecule has 4 rings (SSSR count). The Bertz CT molecular complexity index is 1230. The number of nitrogens with one attached hydrogen (secondary N) is 1. The van der Waals surface area contributed by atoms with Crippen molar-refractivity contribution < 1.29 is 19.1 Å². The smallest absolute Gasteiger partial charge is 0.266 e. The zero-order chi connectivity index (χ0) is 24.9. The standard InChI is InChI=1S/C28H29N3O4/c1-19(23-12-9-13-24(16-23)29-20(2)32)30(17-22-10-5-4-6-11-22)28(34)27-18-31(21(3)33)25-14-7-8-15-26(25)35-27/h4-16,19,27H,17-18H2,1-3H3,(H,29,32)/t19-,27+/m1/s1. The molecule has 1 aliphatic rings. The van der Waals surface area contributed by atoms with Gasteiger partial charge in [-0.3, -0.25) is 14.4 Å². The SMILES string of the molecule is CC(=O)Nc1cccc([C@@H](C)N(Cc2ccccc2)C(=O)[C@@H]2CN(C(C)=O)c3ccccc3O2)c1. The topological polar surface area (TPSA) is 79.0 Å². The van der Waals surface area contributed by atoms with E-state index >= 15 is 0 Å². The number of para-hydroxylation sites is 2. The number of amides is 3. The zero-order valence-corrected chi connectivity index (χ0v) is 20.1. The van der Waals surface area contributed by atoms with E-state index in [1.165, 1.54) is 13.8 Å². The molecule has 0 spiro atoms. The summed E-state index contributed by atoms with van der Waals surface area (Å²) in [6.45, 7) is 5.40. The summed E-state index contributed by atoms with van der Waals surface area (Å²) in [5.41, 5.74) is 3.18. The van der Waals surface area contributed by atoms with Crippen LogP contribution in [0.4, 0.5) is 11.4 Å². The van der Waals surface area contributed by atoms with E-state index in [1.54, 1.807) is 15.9 Å². The summed E-state index contributed by atoms with van der Waals surface area (Å²) in [7, 11) is 0. The lowest BCUT2D eigenvalue weighted by atomic mass is 10.0. The summed E-state index contributed by atoms with van der Waals surface area (Å²) >= 11 is 0. The molecule has 0 saturated heterocycles. The first-order valence-corrected chi connectivity index (χ1v) is 11.6. The van der Waals surface area contributed by atoms with Gasteiger partial charge in [-0.1, -0.05) is 54.6 Å². The van der Waals surface area contributed by atoms with Crippen LogP contribution in [0.15, 0.2) is 78.9 Å². The molecule has 1 aliphatic heterocycles. The molecule has 0 unspecified atom stereocenters. The Morgan fingerprint density at radius 2 is 1.71 bits per heavy atom. The third-order valence-corrected chi connectivity index (χ3v) is 6.06. The predicted molar refractivity (Wildman–Crippen MR) is 135 cm³/mol. The Kier molecular flexibility index (Phi) is 7.15. The van der Waals surface area contributed by atoms with E-state index < -0.39 is 6.10 Å². The molecule has 0 saturated carbocycles. The second-order valence-corrected chi connectivity index (χ2v) is 8.64. The molecule has 0 aromatic heterocycles. The number of ether oxygens (including phenoxy) is 1. The molecule has 3 aromatic carbocycles. The summed E-state index contributed by atoms with van der Waals surface area (Å²) in [6.07, 6.45) is -0.849. The molecule has 35 heavy (non-hydrogen) atoms. The number of benzene rings is 3. The Morgan fingerprint density at radius 1 is 1.00 bits per heavy atom. The average Bonchev–Trinajstić information content (AvgIpc) is 2.86. The summed E-state index contributed by atoms with van der Waals surface area (Å²) in [6, 6.07) is 24.1. The lowest BCUT2D eigenvalue weighted by Gasteiger charge is -2.38. The van der Waals surface area contributed by atoms with E-state index in [2.05, 4.69) is 5.32 Å². The molecule has 0 bridgehead atoms. The second kappa shape index (κ2) is 10.4. The minimum absolute atomic E-state index is 0.134. The van der Waals surface area contributed by atoms with Crippen LogP contribution in [0.2, 0.25) is 0 Å². The van der Waals surface area contributed by atoms with Crippen LogP contribution in [-0.2, 0) is 20.9 Å². The number of nitrogens with zero attached hydrogens (tertiary/aromatic N) is 2. The maximum Gasteiger partial charge on any atom is 0.266 e. The molecule has 7 nitrogen and oxygen atoms in total. The fourth-order valence-electron chi connectivity index (χ4n) is 4.29. The van der Waals surface area contributed by atoms with E-state index in [0.29, 0.717) is 23.7 Å². The fourth-order valence-corrected chi connectivity index (χ4v) is 4.29. The van der Waals surface area contributed by atoms with E-state index in [9.17, 15) is 14.4 Å². The van der Waals surface area contributed by atoms with Gasteiger partial charge in [0.05, 0.1) is 18.3 Å². The van der Waals surface area contributed by atoms with Crippen molar-refractivity contribution in [1.82, 2.24) is 4.90 Å². The van der Waals surface area contributed by atoms with Crippen molar-refractivity contribution in [1.29, 1.82) is 0 Å². The Morgan fingerprint density at radius 3 is 2.43 bits per heavy atom. The lowest BCUT2D eigenvalue weighted by Crippen LogP contribution is -2.51. The largest absolute Gasteiger partial charge is 0.476 e. The van der Waals surface area contributed by atoms with E-state index in [4.69, 9.17) is 4.74 Å². The van der Waals surface area contributed by atoms with Crippen molar-refractivity contribution in [3.63, 3.8) is 0 Å². The molecule has 0 radical (unpaired) electrons. The van der Waals surface area contributed by atoms with Gasteiger partial charge >= 0.3 is 0 Å². The van der Waals surface area contributed by atoms with Crippen LogP contribution in [0.25, 0.3) is 0 Å². The van der Waals surface area contributed by atoms with Gasteiger partial charge in [0, 0.05) is 26.1 Å². The van der Waals surface area contributed by atoms with Gasteiger partial charge in [0.25, 0.3) is 5.91 Å². The first kappa shape index (κ1) is 24.0. The third-order valence-electron chi connectivity index (χ3n) is 6.06. The second-order valence-electron chi connectivity index (χ2n) is 8.64. The van der Waals surface area contributed by atoms with Gasteiger partial charge in [0.1, 0.15) is 5.75 Å². The fraction of sp³-hybridized carbons (Fsp3) is 0.250. The van der Waals surface area contributed by atoms with E-state index in [1.807, 2.05) is 79.7 Å². The van der Waals surface area contributed by atoms with Crippen LogP contribution in [0, 0.1) is 0 Å². The monoisotopic (exact) mass is 471 g/mol. The van der Waals surface area contributed by atoms with Gasteiger partial charge in [0.2, 0.25) is 11.8 Å². The summed E-state index contributed by atoms with van der Waals surface area (Å²) in [4.78, 5) is 41.2. The molecule has 1 N–H and O–H groups in total. The van der Waals surface area contributed by atoms with Crippen molar-refractivity contribution in [2.45, 2.75) is 39.5 Å². The molecule has 2 atom stereocenters. The van der Waals surface area contributed by atoms with Gasteiger partial charge in [-0.05, 0) is 42.3 Å². The molecule has 3 aromatic rings. The normalized spacial score (nSPS) is 15.4. The molecule has 180 valence electrons.